The molecule has 2 atom stereocenters. The second-order valence-electron chi connectivity index (χ2n) is 4.04. The molecule has 0 aliphatic heterocycles. The van der Waals surface area contributed by atoms with Crippen molar-refractivity contribution in [2.45, 2.75) is 25.5 Å². The molecule has 2 unspecified atom stereocenters. The van der Waals surface area contributed by atoms with Crippen LogP contribution in [0.25, 0.3) is 0 Å². The number of hydrogen-bond donors (Lipinski definition) is 3. The first-order chi connectivity index (χ1) is 8.41. The Labute approximate surface area is 104 Å². The molecular formula is C12H16F2N2O2. The Kier molecular flexibility index (Phi) is 5.18. The fraction of sp³-hybridized carbons (Fsp3) is 0.417. The Balaban J connectivity index is 2.54. The minimum atomic E-state index is -2.89. The first-order valence-corrected chi connectivity index (χ1v) is 5.48. The lowest BCUT2D eigenvalue weighted by molar-refractivity contribution is -0.123. The number of hydrogen-bond acceptors (Lipinski definition) is 3. The molecule has 1 aromatic rings. The zero-order valence-electron chi connectivity index (χ0n) is 9.94. The average Bonchev–Trinajstić information content (AvgIpc) is 2.35. The van der Waals surface area contributed by atoms with Gasteiger partial charge in [-0.25, -0.2) is 8.78 Å². The van der Waals surface area contributed by atoms with Crippen molar-refractivity contribution < 1.29 is 18.7 Å². The number of carbonyl (C=O) groups excluding carboxylic acids is 1. The maximum atomic E-state index is 12.0. The summed E-state index contributed by atoms with van der Waals surface area (Å²) in [5.74, 6) is -0.599. The van der Waals surface area contributed by atoms with Crippen LogP contribution in [0.5, 0.6) is 0 Å². The highest BCUT2D eigenvalue weighted by molar-refractivity contribution is 5.82. The highest BCUT2D eigenvalue weighted by Crippen LogP contribution is 2.11. The number of aliphatic hydroxyl groups is 1. The molecule has 0 aliphatic rings. The molecule has 0 fully saturated rings. The number of alkyl halides is 2. The summed E-state index contributed by atoms with van der Waals surface area (Å²) in [4.78, 5) is 11.6. The summed E-state index contributed by atoms with van der Waals surface area (Å²) in [6, 6.07) is 6.06. The van der Waals surface area contributed by atoms with Gasteiger partial charge in [0.05, 0.1) is 0 Å². The molecule has 4 N–H and O–H groups in total. The second kappa shape index (κ2) is 6.42. The van der Waals surface area contributed by atoms with Gasteiger partial charge in [-0.1, -0.05) is 29.8 Å². The van der Waals surface area contributed by atoms with Gasteiger partial charge in [0.1, 0.15) is 12.1 Å². The number of nitrogens with two attached hydrogens (primary N) is 1. The van der Waals surface area contributed by atoms with Gasteiger partial charge in [-0.2, -0.15) is 0 Å². The van der Waals surface area contributed by atoms with Crippen LogP contribution >= 0.6 is 0 Å². The van der Waals surface area contributed by atoms with E-state index in [1.54, 1.807) is 24.3 Å². The Hall–Kier alpha value is -1.53. The Morgan fingerprint density at radius 3 is 2.44 bits per heavy atom. The van der Waals surface area contributed by atoms with E-state index in [1.165, 1.54) is 0 Å². The third-order valence-corrected chi connectivity index (χ3v) is 2.50. The predicted molar refractivity (Wildman–Crippen MR) is 63.1 cm³/mol. The van der Waals surface area contributed by atoms with Gasteiger partial charge in [0, 0.05) is 6.54 Å². The molecule has 100 valence electrons. The third kappa shape index (κ3) is 4.05. The average molecular weight is 258 g/mol. The molecule has 0 bridgehead atoms. The van der Waals surface area contributed by atoms with Crippen molar-refractivity contribution in [1.29, 1.82) is 0 Å². The summed E-state index contributed by atoms with van der Waals surface area (Å²) >= 11 is 0. The molecule has 4 nitrogen and oxygen atoms in total. The fourth-order valence-electron chi connectivity index (χ4n) is 1.33. The van der Waals surface area contributed by atoms with Crippen LogP contribution in [0, 0.1) is 6.92 Å². The van der Waals surface area contributed by atoms with E-state index in [4.69, 9.17) is 10.8 Å². The molecule has 0 aromatic heterocycles. The second-order valence-corrected chi connectivity index (χ2v) is 4.04. The molecule has 1 aromatic carbocycles. The van der Waals surface area contributed by atoms with Gasteiger partial charge in [0.2, 0.25) is 5.91 Å². The number of benzene rings is 1. The molecule has 0 spiro atoms. The van der Waals surface area contributed by atoms with E-state index in [2.05, 4.69) is 5.32 Å². The Morgan fingerprint density at radius 2 is 1.94 bits per heavy atom. The molecule has 6 heteroatoms. The van der Waals surface area contributed by atoms with Crippen molar-refractivity contribution in [3.05, 3.63) is 35.4 Å². The summed E-state index contributed by atoms with van der Waals surface area (Å²) in [6.07, 6.45) is -4.76. The molecule has 0 radical (unpaired) electrons. The van der Waals surface area contributed by atoms with Crippen LogP contribution in [0.3, 0.4) is 0 Å². The van der Waals surface area contributed by atoms with Gasteiger partial charge in [-0.3, -0.25) is 4.79 Å². The van der Waals surface area contributed by atoms with Crippen LogP contribution in [0.1, 0.15) is 17.2 Å². The van der Waals surface area contributed by atoms with Crippen molar-refractivity contribution in [3.8, 4) is 0 Å². The molecule has 18 heavy (non-hydrogen) atoms. The molecule has 1 rings (SSSR count). The Bertz CT molecular complexity index is 396. The van der Waals surface area contributed by atoms with Crippen molar-refractivity contribution in [1.82, 2.24) is 5.32 Å². The van der Waals surface area contributed by atoms with Gasteiger partial charge >= 0.3 is 0 Å². The number of rotatable bonds is 5. The number of aryl methyl sites for hydroxylation is 1. The van der Waals surface area contributed by atoms with Gasteiger partial charge < -0.3 is 16.2 Å². The summed E-state index contributed by atoms with van der Waals surface area (Å²) in [6.45, 7) is 1.38. The third-order valence-electron chi connectivity index (χ3n) is 2.50. The highest BCUT2D eigenvalue weighted by atomic mass is 19.3. The fourth-order valence-corrected chi connectivity index (χ4v) is 1.33. The first kappa shape index (κ1) is 14.5. The maximum Gasteiger partial charge on any atom is 0.265 e. The number of carbonyl (C=O) groups is 1. The Morgan fingerprint density at radius 1 is 1.39 bits per heavy atom. The van der Waals surface area contributed by atoms with Gasteiger partial charge in [0.15, 0.2) is 0 Å². The summed E-state index contributed by atoms with van der Waals surface area (Å²) in [5, 5.41) is 11.0. The lowest BCUT2D eigenvalue weighted by Gasteiger charge is -2.15. The maximum absolute atomic E-state index is 12.0. The van der Waals surface area contributed by atoms with E-state index in [1.807, 2.05) is 6.92 Å². The van der Waals surface area contributed by atoms with Crippen LogP contribution in [0.2, 0.25) is 0 Å². The van der Waals surface area contributed by atoms with E-state index in [9.17, 15) is 13.6 Å². The molecule has 1 amide bonds. The zero-order chi connectivity index (χ0) is 13.7. The SMILES string of the molecule is Cc1ccc(C(N)C(=O)NCC(O)C(F)F)cc1. The van der Waals surface area contributed by atoms with E-state index < -0.39 is 31.0 Å². The van der Waals surface area contributed by atoms with Crippen molar-refractivity contribution in [3.63, 3.8) is 0 Å². The lowest BCUT2D eigenvalue weighted by atomic mass is 10.1. The van der Waals surface area contributed by atoms with Crippen LogP contribution in [-0.2, 0) is 4.79 Å². The normalized spacial score (nSPS) is 14.3. The largest absolute Gasteiger partial charge is 0.385 e. The summed E-state index contributed by atoms with van der Waals surface area (Å²) in [5.41, 5.74) is 7.28. The van der Waals surface area contributed by atoms with E-state index in [0.29, 0.717) is 5.56 Å². The quantitative estimate of drug-likeness (QED) is 0.729. The lowest BCUT2D eigenvalue weighted by Crippen LogP contribution is -2.40. The number of amides is 1. The summed E-state index contributed by atoms with van der Waals surface area (Å²) in [7, 11) is 0. The van der Waals surface area contributed by atoms with Crippen molar-refractivity contribution >= 4 is 5.91 Å². The molecule has 0 heterocycles. The van der Waals surface area contributed by atoms with E-state index in [0.717, 1.165) is 5.56 Å². The minimum Gasteiger partial charge on any atom is -0.385 e. The van der Waals surface area contributed by atoms with Crippen LogP contribution in [0.15, 0.2) is 24.3 Å². The first-order valence-electron chi connectivity index (χ1n) is 5.48. The standard InChI is InChI=1S/C12H16F2N2O2/c1-7-2-4-8(5-3-7)10(15)12(18)16-6-9(17)11(13)14/h2-5,9-11,17H,6,15H2,1H3,(H,16,18). The highest BCUT2D eigenvalue weighted by Gasteiger charge is 2.20. The van der Waals surface area contributed by atoms with E-state index >= 15 is 0 Å². The van der Waals surface area contributed by atoms with Crippen LogP contribution in [-0.4, -0.2) is 30.1 Å². The van der Waals surface area contributed by atoms with Crippen LogP contribution < -0.4 is 11.1 Å². The molecule has 0 aliphatic carbocycles. The van der Waals surface area contributed by atoms with E-state index in [-0.39, 0.29) is 0 Å². The zero-order valence-corrected chi connectivity index (χ0v) is 9.94. The minimum absolute atomic E-state index is 0.518. The molecular weight excluding hydrogens is 242 g/mol. The van der Waals surface area contributed by atoms with Gasteiger partial charge in [-0.05, 0) is 12.5 Å². The van der Waals surface area contributed by atoms with Crippen molar-refractivity contribution in [2.24, 2.45) is 5.73 Å². The van der Waals surface area contributed by atoms with Crippen LogP contribution in [0.4, 0.5) is 8.78 Å². The van der Waals surface area contributed by atoms with Gasteiger partial charge in [0.25, 0.3) is 6.43 Å². The number of nitrogens with one attached hydrogen (secondary N) is 1. The number of aliphatic hydroxyl groups excluding tert-OH is 1. The van der Waals surface area contributed by atoms with Crippen molar-refractivity contribution in [2.75, 3.05) is 6.54 Å². The monoisotopic (exact) mass is 258 g/mol. The molecule has 0 saturated heterocycles. The smallest absolute Gasteiger partial charge is 0.265 e. The van der Waals surface area contributed by atoms with Gasteiger partial charge in [-0.15, -0.1) is 0 Å². The number of halogens is 2. The topological polar surface area (TPSA) is 75.4 Å². The molecule has 0 saturated carbocycles. The summed E-state index contributed by atoms with van der Waals surface area (Å²) < 4.78 is 24.0. The predicted octanol–water partition coefficient (Wildman–Crippen LogP) is 0.737.